The molecule has 664 valence electrons. The summed E-state index contributed by atoms with van der Waals surface area (Å²) in [4.78, 5) is 2.41. The fourth-order valence-electron chi connectivity index (χ4n) is 21.8. The topological polar surface area (TPSA) is 25.1 Å². The predicted octanol–water partition coefficient (Wildman–Crippen LogP) is 36.6. The van der Waals surface area contributed by atoms with Crippen molar-refractivity contribution in [2.75, 3.05) is 10.2 Å². The van der Waals surface area contributed by atoms with E-state index < -0.39 is 5.41 Å². The van der Waals surface area contributed by atoms with Crippen molar-refractivity contribution in [3.63, 3.8) is 0 Å². The molecule has 24 aromatic rings. The van der Waals surface area contributed by atoms with Gasteiger partial charge < -0.3 is 19.4 Å². The van der Waals surface area contributed by atoms with E-state index in [1.54, 1.807) is 0 Å². The number of benzene rings is 22. The van der Waals surface area contributed by atoms with Crippen LogP contribution in [0.4, 0.5) is 28.4 Å². The first-order valence-corrected chi connectivity index (χ1v) is 48.5. The van der Waals surface area contributed by atoms with Crippen molar-refractivity contribution in [3.05, 3.63) is 607 Å². The number of aromatic nitrogens is 2. The highest BCUT2D eigenvalue weighted by atomic mass is 79.9. The van der Waals surface area contributed by atoms with Crippen LogP contribution < -0.4 is 10.2 Å². The molecule has 0 bridgehead atoms. The Balaban J connectivity index is 0.000000129. The number of para-hydroxylation sites is 4. The minimum atomic E-state index is -0.499. The molecule has 4 nitrogen and oxygen atoms in total. The minimum Gasteiger partial charge on any atom is -0.356 e. The Morgan fingerprint density at radius 2 is 0.493 bits per heavy atom. The van der Waals surface area contributed by atoms with Crippen molar-refractivity contribution in [2.24, 2.45) is 0 Å². The minimum absolute atomic E-state index is 0. The van der Waals surface area contributed by atoms with E-state index in [1.807, 2.05) is 6.07 Å². The summed E-state index contributed by atoms with van der Waals surface area (Å²) in [7, 11) is 0. The summed E-state index contributed by atoms with van der Waals surface area (Å²) in [5.41, 5.74) is 41.7. The summed E-state index contributed by atoms with van der Waals surface area (Å²) in [6, 6.07) is 202. The summed E-state index contributed by atoms with van der Waals surface area (Å²) in [5, 5.41) is 8.61. The molecule has 0 unspecified atom stereocenters. The van der Waals surface area contributed by atoms with Gasteiger partial charge in [-0.2, -0.15) is 0 Å². The summed E-state index contributed by atoms with van der Waals surface area (Å²) in [6.07, 6.45) is 0. The number of fused-ring (bicyclic) bond motifs is 12. The van der Waals surface area contributed by atoms with Crippen LogP contribution in [0.25, 0.3) is 144 Å². The maximum atomic E-state index is 3.61. The lowest BCUT2D eigenvalue weighted by Crippen LogP contribution is -2.28. The number of anilines is 5. The summed E-state index contributed by atoms with van der Waals surface area (Å²) in [5.74, 6) is 0. The van der Waals surface area contributed by atoms with E-state index in [-0.39, 0.29) is 12.8 Å². The quantitative estimate of drug-likeness (QED) is 0.0983. The number of rotatable bonds is 17. The lowest BCUT2D eigenvalue weighted by molar-refractivity contribution is 0.768. The molecule has 26 rings (SSSR count). The van der Waals surface area contributed by atoms with Gasteiger partial charge in [0.25, 0.3) is 0 Å². The van der Waals surface area contributed by atoms with Crippen LogP contribution in [0.1, 0.15) is 51.9 Å². The first kappa shape index (κ1) is 86.6. The van der Waals surface area contributed by atoms with E-state index in [0.29, 0.717) is 0 Å². The van der Waals surface area contributed by atoms with Crippen LogP contribution in [0.15, 0.2) is 563 Å². The zero-order valence-electron chi connectivity index (χ0n) is 76.3. The third-order valence-electron chi connectivity index (χ3n) is 28.0. The van der Waals surface area contributed by atoms with Crippen molar-refractivity contribution in [2.45, 2.75) is 18.3 Å². The molecule has 1 N–H and O–H groups in total. The average molecular weight is 1860 g/mol. The van der Waals surface area contributed by atoms with Gasteiger partial charge in [-0.3, -0.25) is 0 Å². The molecule has 0 spiro atoms. The maximum absolute atomic E-state index is 3.61. The predicted molar refractivity (Wildman–Crippen MR) is 594 cm³/mol. The molecule has 0 saturated heterocycles. The molecule has 140 heavy (non-hydrogen) atoms. The zero-order valence-corrected chi connectivity index (χ0v) is 77.9. The van der Waals surface area contributed by atoms with Gasteiger partial charge in [-0.1, -0.05) is 436 Å². The van der Waals surface area contributed by atoms with Crippen LogP contribution >= 0.6 is 15.9 Å². The number of hydrogen-bond acceptors (Lipinski definition) is 2. The highest BCUT2D eigenvalue weighted by Crippen LogP contribution is 2.60. The summed E-state index contributed by atoms with van der Waals surface area (Å²) < 4.78 is 5.86. The van der Waals surface area contributed by atoms with E-state index in [2.05, 4.69) is 587 Å². The lowest BCUT2D eigenvalue weighted by Gasteiger charge is -2.35. The molecule has 0 atom stereocenters. The summed E-state index contributed by atoms with van der Waals surface area (Å²) >= 11 is 3.61. The molecule has 0 radical (unpaired) electrons. The van der Waals surface area contributed by atoms with Crippen molar-refractivity contribution in [1.82, 2.24) is 9.13 Å². The van der Waals surface area contributed by atoms with Gasteiger partial charge in [-0.15, -0.1) is 0 Å². The van der Waals surface area contributed by atoms with Gasteiger partial charge in [0, 0.05) is 65.8 Å². The molecular formula is C135H97BrN4. The number of nitrogens with zero attached hydrogens (tertiary/aromatic N) is 3. The Labute approximate surface area is 826 Å². The van der Waals surface area contributed by atoms with Crippen LogP contribution in [0, 0.1) is 0 Å². The molecule has 2 aliphatic rings. The molecule has 0 aliphatic heterocycles. The second kappa shape index (κ2) is 37.7. The number of nitrogens with one attached hydrogen (secondary N) is 1. The molecule has 2 aliphatic carbocycles. The van der Waals surface area contributed by atoms with E-state index in [1.165, 1.54) is 177 Å². The standard InChI is InChI=1S/C67H46N2.C36H24BrN.C31H23N.CH4/c1-5-19-47(20-6-1)48-35-38-56(39-36-48)69-65-34-16-14-32-61(65)62-45-52(37-42-66(62)69)50-22-17-21-49(43-50)51-23-18-30-57(44-51)68(55-28-11-4-12-29-55)58-40-41-60-59-31-13-15-33-63(59)67(64(60)46-58,53-24-7-2-8-25-53)54-26-9-3-10-27-54;37-31-13-7-12-29(23-31)27-10-6-11-28(22-27)30-18-21-36-34(24-30)33-14-4-5-15-35(33)38(36)32-19-16-26(17-20-32)25-8-2-1-3-9-25;1-4-12-23(13-5-1)31(24-14-6-2-7-15-24)29-19-11-10-18-27(29)28-21-20-26(22-30(28)31)32-25-16-8-3-9-17-25;/h1-46H;1-24H;1-22,32H;1H4. The van der Waals surface area contributed by atoms with Crippen LogP contribution in [-0.4, -0.2) is 9.13 Å². The second-order valence-electron chi connectivity index (χ2n) is 35.9. The molecule has 2 heterocycles. The van der Waals surface area contributed by atoms with E-state index in [0.717, 1.165) is 44.2 Å². The second-order valence-corrected chi connectivity index (χ2v) is 36.8. The molecule has 5 heteroatoms. The molecule has 22 aromatic carbocycles. The van der Waals surface area contributed by atoms with Gasteiger partial charge >= 0.3 is 0 Å². The van der Waals surface area contributed by atoms with Crippen molar-refractivity contribution < 1.29 is 0 Å². The van der Waals surface area contributed by atoms with Crippen LogP contribution in [0.5, 0.6) is 0 Å². The van der Waals surface area contributed by atoms with Gasteiger partial charge in [-0.25, -0.2) is 0 Å². The first-order chi connectivity index (χ1) is 68.8. The molecule has 0 saturated carbocycles. The maximum Gasteiger partial charge on any atom is 0.0714 e. The fraction of sp³-hybridized carbons (Fsp3) is 0.0222. The van der Waals surface area contributed by atoms with Crippen molar-refractivity contribution >= 4 is 88.0 Å². The van der Waals surface area contributed by atoms with Gasteiger partial charge in [0.15, 0.2) is 0 Å². The van der Waals surface area contributed by atoms with Crippen molar-refractivity contribution in [1.29, 1.82) is 0 Å². The fourth-order valence-corrected chi connectivity index (χ4v) is 22.2. The Morgan fingerprint density at radius 1 is 0.186 bits per heavy atom. The largest absolute Gasteiger partial charge is 0.356 e. The van der Waals surface area contributed by atoms with Crippen LogP contribution in [0.3, 0.4) is 0 Å². The third-order valence-corrected chi connectivity index (χ3v) is 28.5. The first-order valence-electron chi connectivity index (χ1n) is 47.7. The molecule has 0 amide bonds. The monoisotopic (exact) mass is 1850 g/mol. The van der Waals surface area contributed by atoms with Crippen LogP contribution in [0.2, 0.25) is 0 Å². The van der Waals surface area contributed by atoms with Gasteiger partial charge in [0.1, 0.15) is 0 Å². The van der Waals surface area contributed by atoms with Gasteiger partial charge in [0.05, 0.1) is 32.9 Å². The Morgan fingerprint density at radius 3 is 0.943 bits per heavy atom. The highest BCUT2D eigenvalue weighted by molar-refractivity contribution is 9.10. The smallest absolute Gasteiger partial charge is 0.0714 e. The summed E-state index contributed by atoms with van der Waals surface area (Å²) in [6.45, 7) is 0. The highest BCUT2D eigenvalue weighted by Gasteiger charge is 2.48. The van der Waals surface area contributed by atoms with Gasteiger partial charge in [-0.05, 0) is 279 Å². The van der Waals surface area contributed by atoms with E-state index >= 15 is 0 Å². The Hall–Kier alpha value is -17.5. The number of hydrogen-bond donors (Lipinski definition) is 1. The Bertz CT molecular complexity index is 8540. The van der Waals surface area contributed by atoms with Gasteiger partial charge in [0.2, 0.25) is 0 Å². The third kappa shape index (κ3) is 15.8. The SMILES string of the molecule is Brc1cccc(-c2cccc(-c3ccc4c(c3)c3ccccc3n4-c3ccc(-c4ccccc4)cc3)c2)c1.C.c1ccc(-c2ccc(-n3c4ccccc4c4cc(-c5cccc(-c6cccc(N(c7ccccc7)c7ccc8c(c7)C(c7ccccc7)(c7ccccc7)c7ccccc7-8)c6)c5)ccc43)cc2)cc1.c1ccc(Nc2ccc3c(c2)C(c2ccccc2)(c2ccccc2)c2ccccc2-3)cc1. The van der Waals surface area contributed by atoms with E-state index in [4.69, 9.17) is 0 Å². The van der Waals surface area contributed by atoms with Crippen LogP contribution in [-0.2, 0) is 10.8 Å². The van der Waals surface area contributed by atoms with E-state index in [9.17, 15) is 0 Å². The molecule has 0 fully saturated rings. The lowest BCUT2D eigenvalue weighted by atomic mass is 9.67. The number of halogens is 1. The molecular weight excluding hydrogens is 1760 g/mol. The zero-order chi connectivity index (χ0) is 92.6. The van der Waals surface area contributed by atoms with Crippen molar-refractivity contribution in [3.8, 4) is 100 Å². The average Bonchev–Trinajstić information content (AvgIpc) is 1.54. The normalized spacial score (nSPS) is 12.2. The molecule has 2 aromatic heterocycles. The Kier molecular flexibility index (Phi) is 23.3.